The minimum absolute atomic E-state index is 0.0150. The topological polar surface area (TPSA) is 64.9 Å². The molecule has 0 spiro atoms. The molecule has 0 atom stereocenters. The molecule has 0 bridgehead atoms. The van der Waals surface area contributed by atoms with E-state index in [1.54, 1.807) is 30.3 Å². The van der Waals surface area contributed by atoms with E-state index in [0.717, 1.165) is 0 Å². The molecule has 0 aliphatic rings. The number of benzene rings is 2. The zero-order valence-electron chi connectivity index (χ0n) is 10.9. The van der Waals surface area contributed by atoms with Crippen molar-refractivity contribution in [3.05, 3.63) is 58.3 Å². The zero-order valence-corrected chi connectivity index (χ0v) is 12.4. The molecule has 0 radical (unpaired) electrons. The van der Waals surface area contributed by atoms with Crippen LogP contribution in [0, 0.1) is 17.1 Å². The lowest BCUT2D eigenvalue weighted by Crippen LogP contribution is -2.22. The van der Waals surface area contributed by atoms with Crippen LogP contribution < -0.4 is 10.6 Å². The first kappa shape index (κ1) is 15.0. The fourth-order valence-electron chi connectivity index (χ4n) is 1.66. The van der Waals surface area contributed by atoms with Gasteiger partial charge in [-0.3, -0.25) is 4.79 Å². The predicted octanol–water partition coefficient (Wildman–Crippen LogP) is 3.51. The van der Waals surface area contributed by atoms with Crippen LogP contribution in [-0.4, -0.2) is 12.5 Å². The summed E-state index contributed by atoms with van der Waals surface area (Å²) in [7, 11) is 0. The molecule has 2 aromatic rings. The van der Waals surface area contributed by atoms with Crippen molar-refractivity contribution in [1.29, 1.82) is 5.26 Å². The summed E-state index contributed by atoms with van der Waals surface area (Å²) in [5.41, 5.74) is 1.34. The summed E-state index contributed by atoms with van der Waals surface area (Å²) in [6, 6.07) is 13.0. The summed E-state index contributed by atoms with van der Waals surface area (Å²) in [6.07, 6.45) is 0. The van der Waals surface area contributed by atoms with Crippen molar-refractivity contribution in [2.24, 2.45) is 0 Å². The third-order valence-corrected chi connectivity index (χ3v) is 3.34. The van der Waals surface area contributed by atoms with E-state index in [9.17, 15) is 9.18 Å². The van der Waals surface area contributed by atoms with Gasteiger partial charge in [0, 0.05) is 10.2 Å². The SMILES string of the molecule is N#Cc1ccc(NCC(=O)Nc2ccccc2F)c(Br)c1. The lowest BCUT2D eigenvalue weighted by molar-refractivity contribution is -0.114. The first-order chi connectivity index (χ1) is 10.1. The third-order valence-electron chi connectivity index (χ3n) is 2.69. The van der Waals surface area contributed by atoms with E-state index >= 15 is 0 Å². The minimum Gasteiger partial charge on any atom is -0.375 e. The van der Waals surface area contributed by atoms with Gasteiger partial charge in [-0.2, -0.15) is 5.26 Å². The summed E-state index contributed by atoms with van der Waals surface area (Å²) in [4.78, 5) is 11.8. The fourth-order valence-corrected chi connectivity index (χ4v) is 2.18. The number of carbonyl (C=O) groups is 1. The summed E-state index contributed by atoms with van der Waals surface area (Å²) < 4.78 is 14.1. The van der Waals surface area contributed by atoms with Gasteiger partial charge in [-0.05, 0) is 46.3 Å². The van der Waals surface area contributed by atoms with E-state index in [1.165, 1.54) is 12.1 Å². The van der Waals surface area contributed by atoms with Gasteiger partial charge in [0.2, 0.25) is 5.91 Å². The molecule has 0 aliphatic carbocycles. The second-order valence-electron chi connectivity index (χ2n) is 4.19. The second kappa shape index (κ2) is 6.86. The molecular formula is C15H11BrFN3O. The minimum atomic E-state index is -0.481. The molecule has 0 saturated heterocycles. The van der Waals surface area contributed by atoms with E-state index in [1.807, 2.05) is 6.07 Å². The van der Waals surface area contributed by atoms with Crippen LogP contribution in [-0.2, 0) is 4.79 Å². The van der Waals surface area contributed by atoms with Gasteiger partial charge in [-0.15, -0.1) is 0 Å². The molecule has 0 fully saturated rings. The van der Waals surface area contributed by atoms with Crippen LogP contribution in [0.15, 0.2) is 46.9 Å². The Bertz CT molecular complexity index is 712. The van der Waals surface area contributed by atoms with Crippen LogP contribution in [0.5, 0.6) is 0 Å². The molecule has 0 heterocycles. The molecule has 21 heavy (non-hydrogen) atoms. The van der Waals surface area contributed by atoms with E-state index in [2.05, 4.69) is 26.6 Å². The highest BCUT2D eigenvalue weighted by Gasteiger charge is 2.07. The average Bonchev–Trinajstić information content (AvgIpc) is 2.48. The first-order valence-electron chi connectivity index (χ1n) is 6.08. The molecule has 0 unspecified atom stereocenters. The summed E-state index contributed by atoms with van der Waals surface area (Å²) >= 11 is 3.31. The number of nitrogens with one attached hydrogen (secondary N) is 2. The fraction of sp³-hybridized carbons (Fsp3) is 0.0667. The van der Waals surface area contributed by atoms with E-state index in [0.29, 0.717) is 15.7 Å². The van der Waals surface area contributed by atoms with Crippen molar-refractivity contribution in [3.8, 4) is 6.07 Å². The second-order valence-corrected chi connectivity index (χ2v) is 5.04. The summed E-state index contributed by atoms with van der Waals surface area (Å²) in [5.74, 6) is -0.846. The van der Waals surface area contributed by atoms with Gasteiger partial charge in [-0.25, -0.2) is 4.39 Å². The smallest absolute Gasteiger partial charge is 0.243 e. The van der Waals surface area contributed by atoms with E-state index in [-0.39, 0.29) is 18.1 Å². The molecule has 2 rings (SSSR count). The Kier molecular flexibility index (Phi) is 4.90. The Hall–Kier alpha value is -2.39. The van der Waals surface area contributed by atoms with Gasteiger partial charge >= 0.3 is 0 Å². The zero-order chi connectivity index (χ0) is 15.2. The normalized spacial score (nSPS) is 9.76. The first-order valence-corrected chi connectivity index (χ1v) is 6.87. The Balaban J connectivity index is 1.96. The molecular weight excluding hydrogens is 337 g/mol. The van der Waals surface area contributed by atoms with Gasteiger partial charge in [0.05, 0.1) is 23.9 Å². The van der Waals surface area contributed by atoms with Crippen molar-refractivity contribution in [2.45, 2.75) is 0 Å². The number of anilines is 2. The number of hydrogen-bond donors (Lipinski definition) is 2. The van der Waals surface area contributed by atoms with Gasteiger partial charge in [0.1, 0.15) is 5.82 Å². The summed E-state index contributed by atoms with van der Waals surface area (Å²) in [5, 5.41) is 14.2. The molecule has 0 aromatic heterocycles. The van der Waals surface area contributed by atoms with Gasteiger partial charge in [0.15, 0.2) is 0 Å². The highest BCUT2D eigenvalue weighted by molar-refractivity contribution is 9.10. The van der Waals surface area contributed by atoms with Crippen LogP contribution in [0.2, 0.25) is 0 Å². The maximum Gasteiger partial charge on any atom is 0.243 e. The molecule has 0 aliphatic heterocycles. The lowest BCUT2D eigenvalue weighted by atomic mass is 10.2. The Labute approximate surface area is 129 Å². The van der Waals surface area contributed by atoms with E-state index in [4.69, 9.17) is 5.26 Å². The van der Waals surface area contributed by atoms with Crippen molar-refractivity contribution in [2.75, 3.05) is 17.2 Å². The van der Waals surface area contributed by atoms with Crippen LogP contribution in [0.25, 0.3) is 0 Å². The van der Waals surface area contributed by atoms with Crippen LogP contribution in [0.1, 0.15) is 5.56 Å². The van der Waals surface area contributed by atoms with Gasteiger partial charge in [-0.1, -0.05) is 12.1 Å². The number of amides is 1. The quantitative estimate of drug-likeness (QED) is 0.889. The predicted molar refractivity (Wildman–Crippen MR) is 82.4 cm³/mol. The maximum absolute atomic E-state index is 13.4. The van der Waals surface area contributed by atoms with Gasteiger partial charge in [0.25, 0.3) is 0 Å². The number of nitriles is 1. The average molecular weight is 348 g/mol. The van der Waals surface area contributed by atoms with Crippen molar-refractivity contribution >= 4 is 33.2 Å². The van der Waals surface area contributed by atoms with Crippen LogP contribution in [0.3, 0.4) is 0 Å². The third kappa shape index (κ3) is 4.04. The largest absolute Gasteiger partial charge is 0.375 e. The molecule has 2 N–H and O–H groups in total. The van der Waals surface area contributed by atoms with Gasteiger partial charge < -0.3 is 10.6 Å². The van der Waals surface area contributed by atoms with Crippen LogP contribution >= 0.6 is 15.9 Å². The highest BCUT2D eigenvalue weighted by atomic mass is 79.9. The highest BCUT2D eigenvalue weighted by Crippen LogP contribution is 2.23. The van der Waals surface area contributed by atoms with Crippen LogP contribution in [0.4, 0.5) is 15.8 Å². The molecule has 4 nitrogen and oxygen atoms in total. The molecule has 1 amide bonds. The molecule has 6 heteroatoms. The molecule has 0 saturated carbocycles. The maximum atomic E-state index is 13.4. The van der Waals surface area contributed by atoms with E-state index < -0.39 is 5.82 Å². The number of rotatable bonds is 4. The van der Waals surface area contributed by atoms with Crippen molar-refractivity contribution in [1.82, 2.24) is 0 Å². The Morgan fingerprint density at radius 3 is 2.67 bits per heavy atom. The Morgan fingerprint density at radius 1 is 1.24 bits per heavy atom. The number of halogens is 2. The number of nitrogens with zero attached hydrogens (tertiary/aromatic N) is 1. The van der Waals surface area contributed by atoms with Crippen molar-refractivity contribution in [3.63, 3.8) is 0 Å². The molecule has 2 aromatic carbocycles. The number of carbonyl (C=O) groups excluding carboxylic acids is 1. The number of hydrogen-bond acceptors (Lipinski definition) is 3. The Morgan fingerprint density at radius 2 is 2.00 bits per heavy atom. The standard InChI is InChI=1S/C15H11BrFN3O/c16-11-7-10(8-18)5-6-13(11)19-9-15(21)20-14-4-2-1-3-12(14)17/h1-7,19H,9H2,(H,20,21). The summed E-state index contributed by atoms with van der Waals surface area (Å²) in [6.45, 7) is -0.0150. The van der Waals surface area contributed by atoms with Crippen molar-refractivity contribution < 1.29 is 9.18 Å². The lowest BCUT2D eigenvalue weighted by Gasteiger charge is -2.10. The monoisotopic (exact) mass is 347 g/mol. The molecule has 106 valence electrons. The number of para-hydroxylation sites is 1.